The zero-order valence-corrected chi connectivity index (χ0v) is 11.1. The highest BCUT2D eigenvalue weighted by Crippen LogP contribution is 2.36. The Bertz CT molecular complexity index is 700. The number of amides is 1. The van der Waals surface area contributed by atoms with Crippen LogP contribution in [0.25, 0.3) is 0 Å². The number of aliphatic hydroxyl groups is 1. The number of hydrogen-bond acceptors (Lipinski definition) is 2. The molecule has 2 rings (SSSR count). The molecule has 0 fully saturated rings. The molecular weight excluding hydrogens is 302 g/mol. The van der Waals surface area contributed by atoms with Gasteiger partial charge >= 0.3 is 6.18 Å². The molecule has 0 saturated carbocycles. The summed E-state index contributed by atoms with van der Waals surface area (Å²) in [6, 6.07) is 9.04. The Kier molecular flexibility index (Phi) is 3.93. The monoisotopic (exact) mass is 313 g/mol. The molecule has 0 spiro atoms. The van der Waals surface area contributed by atoms with Crippen molar-refractivity contribution in [2.75, 3.05) is 0 Å². The maximum absolute atomic E-state index is 13.3. The Morgan fingerprint density at radius 1 is 1.00 bits per heavy atom. The Hall–Kier alpha value is -2.41. The van der Waals surface area contributed by atoms with Gasteiger partial charge in [0, 0.05) is 0 Å². The molecule has 3 nitrogen and oxygen atoms in total. The molecule has 0 heterocycles. The van der Waals surface area contributed by atoms with E-state index in [1.807, 2.05) is 0 Å². The minimum Gasteiger partial charge on any atom is -0.372 e. The molecular formula is C15H11F4NO2. The fourth-order valence-corrected chi connectivity index (χ4v) is 2.10. The summed E-state index contributed by atoms with van der Waals surface area (Å²) in [4.78, 5) is 11.7. The molecule has 1 amide bonds. The average molecular weight is 313 g/mol. The molecule has 0 aliphatic heterocycles. The van der Waals surface area contributed by atoms with E-state index in [1.54, 1.807) is 6.07 Å². The van der Waals surface area contributed by atoms with E-state index >= 15 is 0 Å². The summed E-state index contributed by atoms with van der Waals surface area (Å²) in [6.45, 7) is 0. The zero-order chi connectivity index (χ0) is 16.5. The van der Waals surface area contributed by atoms with Gasteiger partial charge in [-0.15, -0.1) is 0 Å². The maximum Gasteiger partial charge on any atom is 0.419 e. The molecule has 22 heavy (non-hydrogen) atoms. The van der Waals surface area contributed by atoms with Gasteiger partial charge in [-0.1, -0.05) is 36.4 Å². The Labute approximate surface area is 123 Å². The lowest BCUT2D eigenvalue weighted by Crippen LogP contribution is -2.42. The second-order valence-electron chi connectivity index (χ2n) is 4.63. The van der Waals surface area contributed by atoms with E-state index in [0.717, 1.165) is 6.07 Å². The third-order valence-corrected chi connectivity index (χ3v) is 3.24. The lowest BCUT2D eigenvalue weighted by Gasteiger charge is -2.26. The number of halogens is 4. The smallest absolute Gasteiger partial charge is 0.372 e. The molecule has 2 aromatic carbocycles. The van der Waals surface area contributed by atoms with Gasteiger partial charge in [0.05, 0.1) is 5.56 Å². The molecule has 0 aromatic heterocycles. The number of rotatable bonds is 3. The molecule has 0 aliphatic carbocycles. The fourth-order valence-electron chi connectivity index (χ4n) is 2.10. The van der Waals surface area contributed by atoms with Crippen molar-refractivity contribution in [1.82, 2.24) is 0 Å². The highest BCUT2D eigenvalue weighted by atomic mass is 19.4. The summed E-state index contributed by atoms with van der Waals surface area (Å²) < 4.78 is 51.7. The van der Waals surface area contributed by atoms with Crippen molar-refractivity contribution < 1.29 is 27.5 Å². The first kappa shape index (κ1) is 16.0. The Morgan fingerprint density at radius 3 is 2.09 bits per heavy atom. The van der Waals surface area contributed by atoms with E-state index in [9.17, 15) is 27.5 Å². The van der Waals surface area contributed by atoms with Crippen molar-refractivity contribution in [2.24, 2.45) is 5.73 Å². The van der Waals surface area contributed by atoms with Gasteiger partial charge in [-0.05, 0) is 23.3 Å². The number of primary amides is 1. The third-order valence-electron chi connectivity index (χ3n) is 3.24. The number of alkyl halides is 3. The van der Waals surface area contributed by atoms with Crippen LogP contribution >= 0.6 is 0 Å². The largest absolute Gasteiger partial charge is 0.419 e. The van der Waals surface area contributed by atoms with Crippen LogP contribution in [0.2, 0.25) is 0 Å². The minimum atomic E-state index is -4.96. The second-order valence-corrected chi connectivity index (χ2v) is 4.63. The topological polar surface area (TPSA) is 63.3 Å². The lowest BCUT2D eigenvalue weighted by atomic mass is 9.85. The van der Waals surface area contributed by atoms with Crippen molar-refractivity contribution >= 4 is 5.91 Å². The number of nitrogens with two attached hydrogens (primary N) is 1. The van der Waals surface area contributed by atoms with Crippen molar-refractivity contribution in [2.45, 2.75) is 11.8 Å². The van der Waals surface area contributed by atoms with Crippen LogP contribution in [0.3, 0.4) is 0 Å². The van der Waals surface area contributed by atoms with E-state index in [4.69, 9.17) is 5.73 Å². The van der Waals surface area contributed by atoms with Crippen molar-refractivity contribution in [1.29, 1.82) is 0 Å². The van der Waals surface area contributed by atoms with Crippen LogP contribution in [0.15, 0.2) is 48.5 Å². The van der Waals surface area contributed by atoms with Crippen LogP contribution < -0.4 is 5.73 Å². The minimum absolute atomic E-state index is 0.0118. The van der Waals surface area contributed by atoms with Crippen LogP contribution in [-0.2, 0) is 16.6 Å². The van der Waals surface area contributed by atoms with Gasteiger partial charge in [-0.25, -0.2) is 4.39 Å². The first-order valence-corrected chi connectivity index (χ1v) is 6.12. The van der Waals surface area contributed by atoms with Crippen LogP contribution in [-0.4, -0.2) is 11.0 Å². The Morgan fingerprint density at radius 2 is 1.59 bits per heavy atom. The normalized spacial score (nSPS) is 14.4. The lowest BCUT2D eigenvalue weighted by molar-refractivity contribution is -0.141. The van der Waals surface area contributed by atoms with Crippen LogP contribution in [0.4, 0.5) is 17.6 Å². The second kappa shape index (κ2) is 5.42. The van der Waals surface area contributed by atoms with Crippen molar-refractivity contribution in [3.05, 3.63) is 71.0 Å². The van der Waals surface area contributed by atoms with Crippen LogP contribution in [0.5, 0.6) is 0 Å². The maximum atomic E-state index is 13.3. The highest BCUT2D eigenvalue weighted by molar-refractivity contribution is 5.88. The highest BCUT2D eigenvalue weighted by Gasteiger charge is 2.41. The van der Waals surface area contributed by atoms with E-state index in [1.165, 1.54) is 24.3 Å². The van der Waals surface area contributed by atoms with E-state index < -0.39 is 34.6 Å². The summed E-state index contributed by atoms with van der Waals surface area (Å²) in [6.07, 6.45) is -4.96. The standard InChI is InChI=1S/C15H11F4NO2/c16-12-7-6-10(8-11(12)15(17,18)19)14(22,13(20)21)9-4-2-1-3-5-9/h1-8,22H,(H2,20,21). The quantitative estimate of drug-likeness (QED) is 0.856. The van der Waals surface area contributed by atoms with Crippen LogP contribution in [0.1, 0.15) is 16.7 Å². The SMILES string of the molecule is NC(=O)C(O)(c1ccccc1)c1ccc(F)c(C(F)(F)F)c1. The number of carbonyl (C=O) groups is 1. The molecule has 0 aliphatic rings. The van der Waals surface area contributed by atoms with Gasteiger partial charge in [-0.3, -0.25) is 4.79 Å². The van der Waals surface area contributed by atoms with Gasteiger partial charge < -0.3 is 10.8 Å². The van der Waals surface area contributed by atoms with Crippen LogP contribution in [0, 0.1) is 5.82 Å². The summed E-state index contributed by atoms with van der Waals surface area (Å²) in [5.74, 6) is -2.77. The van der Waals surface area contributed by atoms with Gasteiger partial charge in [0.15, 0.2) is 5.60 Å². The van der Waals surface area contributed by atoms with E-state index in [-0.39, 0.29) is 5.56 Å². The fraction of sp³-hybridized carbons (Fsp3) is 0.133. The number of hydrogen-bond donors (Lipinski definition) is 2. The molecule has 2 aromatic rings. The van der Waals surface area contributed by atoms with Gasteiger partial charge in [0.1, 0.15) is 5.82 Å². The zero-order valence-electron chi connectivity index (χ0n) is 11.1. The molecule has 3 N–H and O–H groups in total. The Balaban J connectivity index is 2.68. The summed E-state index contributed by atoms with van der Waals surface area (Å²) in [5, 5.41) is 10.5. The van der Waals surface area contributed by atoms with Gasteiger partial charge in [-0.2, -0.15) is 13.2 Å². The first-order chi connectivity index (χ1) is 10.2. The van der Waals surface area contributed by atoms with Crippen molar-refractivity contribution in [3.8, 4) is 0 Å². The molecule has 1 unspecified atom stereocenters. The predicted octanol–water partition coefficient (Wildman–Crippen LogP) is 2.57. The molecule has 116 valence electrons. The number of benzene rings is 2. The summed E-state index contributed by atoms with van der Waals surface area (Å²) >= 11 is 0. The molecule has 0 bridgehead atoms. The molecule has 0 radical (unpaired) electrons. The molecule has 0 saturated heterocycles. The van der Waals surface area contributed by atoms with Crippen molar-refractivity contribution in [3.63, 3.8) is 0 Å². The number of carbonyl (C=O) groups excluding carboxylic acids is 1. The summed E-state index contributed by atoms with van der Waals surface area (Å²) in [7, 11) is 0. The van der Waals surface area contributed by atoms with E-state index in [0.29, 0.717) is 12.1 Å². The van der Waals surface area contributed by atoms with Gasteiger partial charge in [0.25, 0.3) is 5.91 Å². The third kappa shape index (κ3) is 2.67. The average Bonchev–Trinajstić information content (AvgIpc) is 2.46. The predicted molar refractivity (Wildman–Crippen MR) is 70.0 cm³/mol. The summed E-state index contributed by atoms with van der Waals surface area (Å²) in [5.41, 5.74) is 0.624. The van der Waals surface area contributed by atoms with E-state index in [2.05, 4.69) is 0 Å². The molecule has 1 atom stereocenters. The first-order valence-electron chi connectivity index (χ1n) is 6.12. The molecule has 7 heteroatoms. The van der Waals surface area contributed by atoms with Gasteiger partial charge in [0.2, 0.25) is 0 Å².